The minimum absolute atomic E-state index is 0.0678. The van der Waals surface area contributed by atoms with Gasteiger partial charge in [-0.05, 0) is 54.9 Å². The Balaban J connectivity index is 1.57. The molecule has 0 bridgehead atoms. The maximum absolute atomic E-state index is 14.1. The quantitative estimate of drug-likeness (QED) is 0.374. The molecule has 0 atom stereocenters. The highest BCUT2D eigenvalue weighted by Gasteiger charge is 2.35. The second-order valence-corrected chi connectivity index (χ2v) is 10.2. The van der Waals surface area contributed by atoms with Crippen molar-refractivity contribution in [3.63, 3.8) is 0 Å². The number of hydrogen-bond acceptors (Lipinski definition) is 6. The fraction of sp³-hybridized carbons (Fsp3) is 0.400. The first-order chi connectivity index (χ1) is 18.5. The third-order valence-electron chi connectivity index (χ3n) is 7.65. The Morgan fingerprint density at radius 2 is 1.95 bits per heavy atom. The van der Waals surface area contributed by atoms with Crippen LogP contribution in [0.1, 0.15) is 67.5 Å². The first kappa shape index (κ1) is 25.8. The van der Waals surface area contributed by atoms with Crippen LogP contribution in [0.4, 0.5) is 0 Å². The van der Waals surface area contributed by atoms with Crippen molar-refractivity contribution >= 4 is 5.78 Å². The van der Waals surface area contributed by atoms with Crippen LogP contribution in [0, 0.1) is 11.3 Å². The number of benzene rings is 2. The molecular weight excluding hydrogens is 478 g/mol. The first-order valence-corrected chi connectivity index (χ1v) is 13.2. The lowest BCUT2D eigenvalue weighted by atomic mass is 9.82. The van der Waals surface area contributed by atoms with E-state index in [4.69, 9.17) is 4.74 Å². The molecule has 0 saturated heterocycles. The van der Waals surface area contributed by atoms with E-state index in [1.165, 1.54) is 6.33 Å². The van der Waals surface area contributed by atoms with Gasteiger partial charge in [-0.25, -0.2) is 4.52 Å². The maximum Gasteiger partial charge on any atom is 0.259 e. The summed E-state index contributed by atoms with van der Waals surface area (Å²) in [7, 11) is 1.59. The molecular formula is C30H33N5O3. The van der Waals surface area contributed by atoms with Crippen molar-refractivity contribution in [2.24, 2.45) is 0 Å². The summed E-state index contributed by atoms with van der Waals surface area (Å²) in [4.78, 5) is 18.6. The van der Waals surface area contributed by atoms with Gasteiger partial charge in [-0.2, -0.15) is 15.3 Å². The molecule has 1 aliphatic carbocycles. The van der Waals surface area contributed by atoms with Crippen molar-refractivity contribution in [3.8, 4) is 17.2 Å². The molecule has 2 aromatic heterocycles. The molecule has 38 heavy (non-hydrogen) atoms. The van der Waals surface area contributed by atoms with Gasteiger partial charge >= 0.3 is 0 Å². The molecule has 1 fully saturated rings. The molecule has 0 amide bonds. The number of nitriles is 1. The topological polar surface area (TPSA) is 105 Å². The van der Waals surface area contributed by atoms with Crippen LogP contribution in [0.5, 0.6) is 0 Å². The van der Waals surface area contributed by atoms with Crippen LogP contribution in [-0.4, -0.2) is 43.6 Å². The standard InChI is InChI=1S/C30H33N5O3/c1-3-7-27-26(17-21-10-11-25(23(16-21)18-31)22-8-5-4-6-9-22)28(36)34(29-32-20-33-35(27)29)24-12-14-30(37,15-13-24)19-38-2/h4-6,8-11,16,20,24,37H,3,7,12-15,17,19H2,1-2H3. The average molecular weight is 512 g/mol. The number of fused-ring (bicyclic) bond motifs is 1. The summed E-state index contributed by atoms with van der Waals surface area (Å²) in [6.45, 7) is 2.37. The van der Waals surface area contributed by atoms with Crippen LogP contribution < -0.4 is 5.56 Å². The summed E-state index contributed by atoms with van der Waals surface area (Å²) in [5, 5.41) is 25.2. The van der Waals surface area contributed by atoms with Crippen molar-refractivity contribution in [2.45, 2.75) is 63.5 Å². The molecule has 0 aliphatic heterocycles. The molecule has 8 heteroatoms. The minimum Gasteiger partial charge on any atom is -0.387 e. The van der Waals surface area contributed by atoms with Crippen LogP contribution in [0.3, 0.4) is 0 Å². The van der Waals surface area contributed by atoms with Gasteiger partial charge in [0.15, 0.2) is 0 Å². The van der Waals surface area contributed by atoms with Crippen LogP contribution in [0.15, 0.2) is 59.7 Å². The molecule has 0 spiro atoms. The van der Waals surface area contributed by atoms with Gasteiger partial charge in [-0.1, -0.05) is 55.8 Å². The van der Waals surface area contributed by atoms with E-state index in [2.05, 4.69) is 23.1 Å². The van der Waals surface area contributed by atoms with Crippen LogP contribution >= 0.6 is 0 Å². The summed E-state index contributed by atoms with van der Waals surface area (Å²) in [6, 6.07) is 18.0. The highest BCUT2D eigenvalue weighted by Crippen LogP contribution is 2.35. The molecule has 1 saturated carbocycles. The van der Waals surface area contributed by atoms with Gasteiger partial charge in [0.25, 0.3) is 5.56 Å². The van der Waals surface area contributed by atoms with E-state index in [1.54, 1.807) is 16.2 Å². The summed E-state index contributed by atoms with van der Waals surface area (Å²) < 4.78 is 8.80. The van der Waals surface area contributed by atoms with E-state index < -0.39 is 5.60 Å². The SMILES string of the molecule is CCCc1c(Cc2ccc(-c3ccccc3)c(C#N)c2)c(=O)n(C2CCC(O)(COC)CC2)c2ncnn12. The zero-order valence-corrected chi connectivity index (χ0v) is 21.9. The average Bonchev–Trinajstić information content (AvgIpc) is 3.41. The highest BCUT2D eigenvalue weighted by atomic mass is 16.5. The van der Waals surface area contributed by atoms with Gasteiger partial charge in [0.2, 0.25) is 5.78 Å². The van der Waals surface area contributed by atoms with E-state index in [9.17, 15) is 15.2 Å². The van der Waals surface area contributed by atoms with Gasteiger partial charge in [0.05, 0.1) is 29.5 Å². The Morgan fingerprint density at radius 3 is 2.63 bits per heavy atom. The largest absolute Gasteiger partial charge is 0.387 e. The van der Waals surface area contributed by atoms with E-state index in [-0.39, 0.29) is 18.2 Å². The van der Waals surface area contributed by atoms with Crippen molar-refractivity contribution in [1.82, 2.24) is 19.2 Å². The van der Waals surface area contributed by atoms with Gasteiger partial charge in [0, 0.05) is 25.1 Å². The number of nitrogens with zero attached hydrogens (tertiary/aromatic N) is 5. The lowest BCUT2D eigenvalue weighted by molar-refractivity contribution is -0.0629. The second kappa shape index (κ2) is 10.9. The summed E-state index contributed by atoms with van der Waals surface area (Å²) in [6.07, 6.45) is 5.85. The monoisotopic (exact) mass is 511 g/mol. The van der Waals surface area contributed by atoms with E-state index >= 15 is 0 Å². The van der Waals surface area contributed by atoms with Crippen LogP contribution in [0.25, 0.3) is 16.9 Å². The summed E-state index contributed by atoms with van der Waals surface area (Å²) in [5.41, 5.74) is 3.95. The molecule has 2 aromatic carbocycles. The first-order valence-electron chi connectivity index (χ1n) is 13.2. The lowest BCUT2D eigenvalue weighted by Gasteiger charge is -2.36. The molecule has 196 valence electrons. The molecule has 1 N–H and O–H groups in total. The number of aryl methyl sites for hydroxylation is 1. The van der Waals surface area contributed by atoms with Crippen LogP contribution in [0.2, 0.25) is 0 Å². The van der Waals surface area contributed by atoms with Crippen molar-refractivity contribution in [2.75, 3.05) is 13.7 Å². The summed E-state index contributed by atoms with van der Waals surface area (Å²) >= 11 is 0. The molecule has 8 nitrogen and oxygen atoms in total. The zero-order valence-electron chi connectivity index (χ0n) is 21.9. The van der Waals surface area contributed by atoms with Gasteiger partial charge in [-0.3, -0.25) is 9.36 Å². The highest BCUT2D eigenvalue weighted by molar-refractivity contribution is 5.71. The maximum atomic E-state index is 14.1. The number of hydrogen-bond donors (Lipinski definition) is 1. The number of aromatic nitrogens is 4. The van der Waals surface area contributed by atoms with Crippen molar-refractivity contribution in [1.29, 1.82) is 5.26 Å². The Labute approximate surface area is 222 Å². The Morgan fingerprint density at radius 1 is 1.18 bits per heavy atom. The Kier molecular flexibility index (Phi) is 7.41. The predicted molar refractivity (Wildman–Crippen MR) is 145 cm³/mol. The molecule has 1 aliphatic rings. The van der Waals surface area contributed by atoms with Crippen molar-refractivity contribution in [3.05, 3.63) is 87.6 Å². The third-order valence-corrected chi connectivity index (χ3v) is 7.65. The second-order valence-electron chi connectivity index (χ2n) is 10.2. The fourth-order valence-corrected chi connectivity index (χ4v) is 5.76. The van der Waals surface area contributed by atoms with E-state index in [0.29, 0.717) is 55.4 Å². The number of ether oxygens (including phenoxy) is 1. The smallest absolute Gasteiger partial charge is 0.259 e. The Bertz CT molecular complexity index is 1530. The van der Waals surface area contributed by atoms with Crippen LogP contribution in [-0.2, 0) is 17.6 Å². The molecule has 4 aromatic rings. The predicted octanol–water partition coefficient (Wildman–Crippen LogP) is 4.47. The van der Waals surface area contributed by atoms with Gasteiger partial charge in [-0.15, -0.1) is 0 Å². The summed E-state index contributed by atoms with van der Waals surface area (Å²) in [5.74, 6) is 0.543. The van der Waals surface area contributed by atoms with Crippen molar-refractivity contribution < 1.29 is 9.84 Å². The van der Waals surface area contributed by atoms with Gasteiger partial charge in [0.1, 0.15) is 6.33 Å². The zero-order chi connectivity index (χ0) is 26.7. The molecule has 0 unspecified atom stereocenters. The molecule has 5 rings (SSSR count). The number of rotatable bonds is 8. The van der Waals surface area contributed by atoms with Gasteiger partial charge < -0.3 is 9.84 Å². The molecule has 0 radical (unpaired) electrons. The van der Waals surface area contributed by atoms with E-state index in [0.717, 1.165) is 28.8 Å². The molecule has 2 heterocycles. The minimum atomic E-state index is -0.863. The fourth-order valence-electron chi connectivity index (χ4n) is 5.76. The number of methoxy groups -OCH3 is 1. The Hall–Kier alpha value is -3.80. The number of aliphatic hydroxyl groups is 1. The third kappa shape index (κ3) is 4.87. The van der Waals surface area contributed by atoms with E-state index in [1.807, 2.05) is 48.5 Å². The lowest BCUT2D eigenvalue weighted by Crippen LogP contribution is -2.41. The normalized spacial score (nSPS) is 19.5.